The lowest BCUT2D eigenvalue weighted by atomic mass is 10.1. The second-order valence-corrected chi connectivity index (χ2v) is 3.67. The van der Waals surface area contributed by atoms with Crippen molar-refractivity contribution in [3.63, 3.8) is 0 Å². The third kappa shape index (κ3) is 0.906. The van der Waals surface area contributed by atoms with E-state index in [1.165, 1.54) is 6.08 Å². The number of hydrogen-bond donors (Lipinski definition) is 0. The molecule has 2 heterocycles. The predicted molar refractivity (Wildman–Crippen MR) is 44.1 cm³/mol. The summed E-state index contributed by atoms with van der Waals surface area (Å²) in [5.74, 6) is 0.770. The number of β-lactam (4-membered cyclic amide) rings is 1. The van der Waals surface area contributed by atoms with Gasteiger partial charge in [-0.1, -0.05) is 6.08 Å². The Kier molecular flexibility index (Phi) is 1.75. The van der Waals surface area contributed by atoms with Crippen molar-refractivity contribution in [2.24, 2.45) is 4.99 Å². The predicted octanol–water partition coefficient (Wildman–Crippen LogP) is 0.120. The van der Waals surface area contributed by atoms with E-state index in [9.17, 15) is 9.59 Å². The van der Waals surface area contributed by atoms with Crippen molar-refractivity contribution in [1.29, 1.82) is 0 Å². The Morgan fingerprint density at radius 3 is 3.33 bits per heavy atom. The standard InChI is InChI=1S/C7H6N2O2S/c10-4-8-5-6(11)9-2-1-3-12-7(5)9/h1-2,5,7H,3H2. The molecule has 0 aromatic heterocycles. The van der Waals surface area contributed by atoms with E-state index in [0.29, 0.717) is 0 Å². The first-order chi connectivity index (χ1) is 5.84. The first-order valence-corrected chi connectivity index (χ1v) is 4.57. The number of thioether (sulfide) groups is 1. The first kappa shape index (κ1) is 7.58. The summed E-state index contributed by atoms with van der Waals surface area (Å²) in [5, 5.41) is 0.0314. The quantitative estimate of drug-likeness (QED) is 0.329. The molecule has 1 saturated heterocycles. The average Bonchev–Trinajstić information content (AvgIpc) is 2.13. The number of amides is 1. The zero-order chi connectivity index (χ0) is 8.55. The van der Waals surface area contributed by atoms with Crippen molar-refractivity contribution in [2.75, 3.05) is 5.75 Å². The van der Waals surface area contributed by atoms with Gasteiger partial charge in [-0.2, -0.15) is 4.99 Å². The van der Waals surface area contributed by atoms with Gasteiger partial charge in [0.2, 0.25) is 6.08 Å². The lowest BCUT2D eigenvalue weighted by Crippen LogP contribution is -2.60. The van der Waals surface area contributed by atoms with Crippen molar-refractivity contribution < 1.29 is 9.59 Å². The molecule has 0 saturated carbocycles. The topological polar surface area (TPSA) is 49.7 Å². The average molecular weight is 182 g/mol. The monoisotopic (exact) mass is 182 g/mol. The molecule has 2 unspecified atom stereocenters. The molecule has 0 radical (unpaired) electrons. The number of fused-ring (bicyclic) bond motifs is 1. The Labute approximate surface area is 73.3 Å². The zero-order valence-electron chi connectivity index (χ0n) is 6.14. The highest BCUT2D eigenvalue weighted by molar-refractivity contribution is 8.00. The van der Waals surface area contributed by atoms with Gasteiger partial charge in [0.25, 0.3) is 5.91 Å². The van der Waals surface area contributed by atoms with Gasteiger partial charge in [-0.15, -0.1) is 11.8 Å². The van der Waals surface area contributed by atoms with Gasteiger partial charge in [-0.25, -0.2) is 4.79 Å². The fourth-order valence-corrected chi connectivity index (χ4v) is 2.38. The van der Waals surface area contributed by atoms with Gasteiger partial charge in [0.1, 0.15) is 5.37 Å². The van der Waals surface area contributed by atoms with E-state index in [4.69, 9.17) is 0 Å². The fraction of sp³-hybridized carbons (Fsp3) is 0.429. The molecule has 12 heavy (non-hydrogen) atoms. The molecular formula is C7H6N2O2S. The van der Waals surface area contributed by atoms with E-state index in [2.05, 4.69) is 4.99 Å². The molecule has 0 bridgehead atoms. The highest BCUT2D eigenvalue weighted by Gasteiger charge is 2.47. The Balaban J connectivity index is 2.18. The van der Waals surface area contributed by atoms with E-state index < -0.39 is 6.04 Å². The van der Waals surface area contributed by atoms with Crippen molar-refractivity contribution in [1.82, 2.24) is 4.90 Å². The van der Waals surface area contributed by atoms with E-state index >= 15 is 0 Å². The van der Waals surface area contributed by atoms with Crippen LogP contribution in [0.25, 0.3) is 0 Å². The summed E-state index contributed by atoms with van der Waals surface area (Å²) < 4.78 is 0. The molecule has 0 aromatic carbocycles. The Morgan fingerprint density at radius 1 is 1.75 bits per heavy atom. The van der Waals surface area contributed by atoms with E-state index in [-0.39, 0.29) is 11.3 Å². The number of rotatable bonds is 1. The molecule has 1 fully saturated rings. The molecule has 62 valence electrons. The van der Waals surface area contributed by atoms with E-state index in [1.54, 1.807) is 22.9 Å². The van der Waals surface area contributed by atoms with Crippen LogP contribution in [0.1, 0.15) is 0 Å². The summed E-state index contributed by atoms with van der Waals surface area (Å²) in [6, 6.07) is -0.488. The van der Waals surface area contributed by atoms with Crippen molar-refractivity contribution in [3.8, 4) is 0 Å². The molecule has 1 amide bonds. The van der Waals surface area contributed by atoms with Gasteiger partial charge in [-0.05, 0) is 0 Å². The fourth-order valence-electron chi connectivity index (χ4n) is 1.29. The van der Waals surface area contributed by atoms with Crippen LogP contribution >= 0.6 is 11.8 Å². The van der Waals surface area contributed by atoms with Crippen LogP contribution in [0.4, 0.5) is 0 Å². The lowest BCUT2D eigenvalue weighted by molar-refractivity contribution is -0.139. The van der Waals surface area contributed by atoms with Gasteiger partial charge in [0, 0.05) is 12.0 Å². The Hall–Kier alpha value is -1.06. The number of isocyanates is 1. The normalized spacial score (nSPS) is 32.0. The summed E-state index contributed by atoms with van der Waals surface area (Å²) in [5.41, 5.74) is 0. The minimum Gasteiger partial charge on any atom is -0.302 e. The molecule has 0 N–H and O–H groups in total. The SMILES string of the molecule is O=C=NC1C(=O)N2C=CCSC12. The molecule has 0 spiro atoms. The van der Waals surface area contributed by atoms with Crippen LogP contribution in [0.2, 0.25) is 0 Å². The first-order valence-electron chi connectivity index (χ1n) is 3.52. The number of carbonyl (C=O) groups is 1. The molecule has 2 rings (SSSR count). The molecule has 0 aromatic rings. The molecule has 2 aliphatic heterocycles. The van der Waals surface area contributed by atoms with E-state index in [0.717, 1.165) is 5.75 Å². The van der Waals surface area contributed by atoms with Crippen LogP contribution in [0.3, 0.4) is 0 Å². The number of aliphatic imine (C=N–C) groups is 1. The summed E-state index contributed by atoms with van der Waals surface area (Å²) in [6.07, 6.45) is 5.09. The smallest absolute Gasteiger partial charge is 0.256 e. The van der Waals surface area contributed by atoms with Crippen LogP contribution in [-0.4, -0.2) is 34.1 Å². The minimum absolute atomic E-state index is 0.0314. The van der Waals surface area contributed by atoms with Crippen molar-refractivity contribution >= 4 is 23.7 Å². The number of hydrogen-bond acceptors (Lipinski definition) is 4. The summed E-state index contributed by atoms with van der Waals surface area (Å²) in [6.45, 7) is 0. The van der Waals surface area contributed by atoms with Gasteiger partial charge in [-0.3, -0.25) is 4.79 Å². The summed E-state index contributed by atoms with van der Waals surface area (Å²) >= 11 is 1.61. The van der Waals surface area contributed by atoms with Crippen molar-refractivity contribution in [3.05, 3.63) is 12.3 Å². The highest BCUT2D eigenvalue weighted by atomic mass is 32.2. The zero-order valence-corrected chi connectivity index (χ0v) is 6.95. The maximum atomic E-state index is 11.2. The maximum absolute atomic E-state index is 11.2. The van der Waals surface area contributed by atoms with Crippen LogP contribution in [0.5, 0.6) is 0 Å². The second-order valence-electron chi connectivity index (χ2n) is 2.52. The molecule has 5 heteroatoms. The largest absolute Gasteiger partial charge is 0.302 e. The minimum atomic E-state index is -0.488. The Bertz CT molecular complexity index is 296. The number of carbonyl (C=O) groups excluding carboxylic acids is 2. The molecule has 0 aliphatic carbocycles. The van der Waals surface area contributed by atoms with Crippen LogP contribution in [-0.2, 0) is 9.59 Å². The number of nitrogens with zero attached hydrogens (tertiary/aromatic N) is 2. The van der Waals surface area contributed by atoms with Gasteiger partial charge < -0.3 is 4.90 Å². The molecule has 4 nitrogen and oxygen atoms in total. The summed E-state index contributed by atoms with van der Waals surface area (Å²) in [7, 11) is 0. The molecule has 2 aliphatic rings. The van der Waals surface area contributed by atoms with Gasteiger partial charge in [0.05, 0.1) is 0 Å². The molecule has 2 atom stereocenters. The third-order valence-corrected chi connectivity index (χ3v) is 3.08. The lowest BCUT2D eigenvalue weighted by Gasteiger charge is -2.43. The van der Waals surface area contributed by atoms with Gasteiger partial charge >= 0.3 is 0 Å². The molecular weight excluding hydrogens is 176 g/mol. The maximum Gasteiger partial charge on any atom is 0.256 e. The van der Waals surface area contributed by atoms with Crippen LogP contribution < -0.4 is 0 Å². The second kappa shape index (κ2) is 2.77. The third-order valence-electron chi connectivity index (χ3n) is 1.87. The van der Waals surface area contributed by atoms with Crippen LogP contribution in [0.15, 0.2) is 17.3 Å². The van der Waals surface area contributed by atoms with Crippen molar-refractivity contribution in [2.45, 2.75) is 11.4 Å². The van der Waals surface area contributed by atoms with Crippen LogP contribution in [0, 0.1) is 0 Å². The van der Waals surface area contributed by atoms with E-state index in [1.807, 2.05) is 6.08 Å². The Morgan fingerprint density at radius 2 is 2.58 bits per heavy atom. The summed E-state index contributed by atoms with van der Waals surface area (Å²) in [4.78, 5) is 26.2. The highest BCUT2D eigenvalue weighted by Crippen LogP contribution is 2.34. The van der Waals surface area contributed by atoms with Gasteiger partial charge in [0.15, 0.2) is 6.04 Å².